The summed E-state index contributed by atoms with van der Waals surface area (Å²) in [7, 11) is -3.94. The first-order valence-corrected chi connectivity index (χ1v) is 10.7. The van der Waals surface area contributed by atoms with E-state index in [0.717, 1.165) is 16.4 Å². The van der Waals surface area contributed by atoms with Crippen LogP contribution in [0.4, 0.5) is 5.69 Å². The highest BCUT2D eigenvalue weighted by molar-refractivity contribution is 7.92. The van der Waals surface area contributed by atoms with Gasteiger partial charge in [0.15, 0.2) is 0 Å². The first kappa shape index (κ1) is 21.9. The summed E-state index contributed by atoms with van der Waals surface area (Å²) in [6.07, 6.45) is 0.893. The average Bonchev–Trinajstić information content (AvgIpc) is 2.71. The number of benzene rings is 2. The summed E-state index contributed by atoms with van der Waals surface area (Å²) in [5.41, 5.74) is 3.57. The molecule has 2 aromatic carbocycles. The molecule has 0 aliphatic rings. The fraction of sp³-hybridized carbons (Fsp3) is 0.300. The molecule has 0 aliphatic heterocycles. The largest absolute Gasteiger partial charge is 0.271 e. The van der Waals surface area contributed by atoms with Crippen molar-refractivity contribution in [3.8, 4) is 0 Å². The average molecular weight is 422 g/mol. The van der Waals surface area contributed by atoms with Crippen LogP contribution in [0.25, 0.3) is 0 Å². The highest BCUT2D eigenvalue weighted by Gasteiger charge is 2.27. The zero-order valence-electron chi connectivity index (χ0n) is 16.1. The van der Waals surface area contributed by atoms with Crippen LogP contribution in [0.3, 0.4) is 0 Å². The second-order valence-corrected chi connectivity index (χ2v) is 8.70. The van der Waals surface area contributed by atoms with Gasteiger partial charge in [0.25, 0.3) is 15.9 Å². The molecule has 0 aliphatic carbocycles. The molecule has 2 rings (SSSR count). The molecule has 0 heterocycles. The van der Waals surface area contributed by atoms with Gasteiger partial charge < -0.3 is 0 Å². The van der Waals surface area contributed by atoms with Crippen molar-refractivity contribution in [3.05, 3.63) is 59.6 Å². The zero-order valence-corrected chi connectivity index (χ0v) is 17.7. The molecule has 150 valence electrons. The fourth-order valence-corrected chi connectivity index (χ4v) is 3.93. The third kappa shape index (κ3) is 5.56. The van der Waals surface area contributed by atoms with Gasteiger partial charge in [-0.15, -0.1) is 0 Å². The molecule has 8 heteroatoms. The summed E-state index contributed by atoms with van der Waals surface area (Å²) in [6.45, 7) is 5.45. The molecule has 0 saturated heterocycles. The van der Waals surface area contributed by atoms with E-state index in [2.05, 4.69) is 10.5 Å². The fourth-order valence-electron chi connectivity index (χ4n) is 2.36. The molecule has 1 atom stereocenters. The van der Waals surface area contributed by atoms with Gasteiger partial charge in [0.1, 0.15) is 6.54 Å². The molecule has 6 nitrogen and oxygen atoms in total. The first-order valence-electron chi connectivity index (χ1n) is 8.92. The summed E-state index contributed by atoms with van der Waals surface area (Å²) in [5.74, 6) is -0.308. The van der Waals surface area contributed by atoms with Crippen molar-refractivity contribution < 1.29 is 13.2 Å². The molecule has 0 bridgehead atoms. The van der Waals surface area contributed by atoms with Crippen molar-refractivity contribution in [2.75, 3.05) is 10.8 Å². The Morgan fingerprint density at radius 1 is 1.14 bits per heavy atom. The summed E-state index contributed by atoms with van der Waals surface area (Å²) >= 11 is 5.92. The smallest absolute Gasteiger partial charge is 0.264 e. The normalized spacial score (nSPS) is 13.1. The minimum absolute atomic E-state index is 0.0945. The van der Waals surface area contributed by atoms with E-state index >= 15 is 0 Å². The van der Waals surface area contributed by atoms with Crippen LogP contribution >= 0.6 is 11.6 Å². The summed E-state index contributed by atoms with van der Waals surface area (Å²) in [4.78, 5) is 12.5. The molecule has 0 spiro atoms. The van der Waals surface area contributed by atoms with Gasteiger partial charge >= 0.3 is 0 Å². The van der Waals surface area contributed by atoms with E-state index in [1.807, 2.05) is 20.8 Å². The predicted molar refractivity (Wildman–Crippen MR) is 113 cm³/mol. The van der Waals surface area contributed by atoms with E-state index in [1.165, 1.54) is 12.1 Å². The number of anilines is 1. The molecule has 0 saturated carbocycles. The minimum atomic E-state index is -3.94. The van der Waals surface area contributed by atoms with E-state index in [0.29, 0.717) is 10.7 Å². The second kappa shape index (κ2) is 9.71. The van der Waals surface area contributed by atoms with Crippen LogP contribution in [0.5, 0.6) is 0 Å². The molecule has 0 aromatic heterocycles. The highest BCUT2D eigenvalue weighted by Crippen LogP contribution is 2.25. The first-order chi connectivity index (χ1) is 13.3. The molecular weight excluding hydrogens is 398 g/mol. The number of hydrazone groups is 1. The molecule has 1 amide bonds. The lowest BCUT2D eigenvalue weighted by molar-refractivity contribution is -0.119. The van der Waals surface area contributed by atoms with E-state index in [-0.39, 0.29) is 10.8 Å². The maximum atomic E-state index is 13.1. The number of carbonyl (C=O) groups is 1. The van der Waals surface area contributed by atoms with E-state index in [1.54, 1.807) is 42.5 Å². The number of amides is 1. The predicted octanol–water partition coefficient (Wildman–Crippen LogP) is 4.07. The van der Waals surface area contributed by atoms with E-state index in [4.69, 9.17) is 11.6 Å². The van der Waals surface area contributed by atoms with Crippen molar-refractivity contribution in [1.82, 2.24) is 5.43 Å². The molecule has 0 radical (unpaired) electrons. The highest BCUT2D eigenvalue weighted by atomic mass is 35.5. The van der Waals surface area contributed by atoms with Crippen LogP contribution in [0.15, 0.2) is 64.6 Å². The quantitative estimate of drug-likeness (QED) is 0.515. The van der Waals surface area contributed by atoms with E-state index in [9.17, 15) is 13.2 Å². The number of rotatable bonds is 8. The Labute approximate surface area is 171 Å². The number of nitrogens with one attached hydrogen (secondary N) is 1. The van der Waals surface area contributed by atoms with Crippen LogP contribution in [0.1, 0.15) is 27.2 Å². The van der Waals surface area contributed by atoms with E-state index < -0.39 is 22.5 Å². The second-order valence-electron chi connectivity index (χ2n) is 6.40. The number of hydrogen-bond donors (Lipinski definition) is 1. The molecule has 0 fully saturated rings. The number of halogens is 1. The Morgan fingerprint density at radius 2 is 1.75 bits per heavy atom. The van der Waals surface area contributed by atoms with Gasteiger partial charge in [0.05, 0.1) is 10.6 Å². The lowest BCUT2D eigenvalue weighted by Gasteiger charge is -2.23. The van der Waals surface area contributed by atoms with Crippen LogP contribution in [0.2, 0.25) is 5.02 Å². The van der Waals surface area contributed by atoms with Crippen LogP contribution in [-0.4, -0.2) is 26.6 Å². The van der Waals surface area contributed by atoms with Crippen molar-refractivity contribution in [1.29, 1.82) is 0 Å². The topological polar surface area (TPSA) is 78.8 Å². The maximum Gasteiger partial charge on any atom is 0.264 e. The van der Waals surface area contributed by atoms with Crippen LogP contribution in [0, 0.1) is 5.92 Å². The van der Waals surface area contributed by atoms with Crippen molar-refractivity contribution in [3.63, 3.8) is 0 Å². The Kier molecular flexibility index (Phi) is 7.60. The van der Waals surface area contributed by atoms with Gasteiger partial charge in [-0.3, -0.25) is 9.10 Å². The standard InChI is InChI=1S/C20H24ClN3O3S/c1-4-15(2)16(3)22-23-20(25)14-24(18-12-10-17(21)11-13-18)28(26,27)19-8-6-5-7-9-19/h5-13,15H,4,14H2,1-3H3,(H,23,25). The van der Waals surface area contributed by atoms with Gasteiger partial charge in [-0.25, -0.2) is 13.8 Å². The molecule has 1 N–H and O–H groups in total. The SMILES string of the molecule is CCC(C)C(C)=NNC(=O)CN(c1ccc(Cl)cc1)S(=O)(=O)c1ccccc1. The number of nitrogens with zero attached hydrogens (tertiary/aromatic N) is 2. The number of sulfonamides is 1. The Hall–Kier alpha value is -2.38. The Bertz CT molecular complexity index is 929. The molecule has 1 unspecified atom stereocenters. The van der Waals surface area contributed by atoms with Crippen molar-refractivity contribution >= 4 is 38.9 Å². The number of carbonyl (C=O) groups excluding carboxylic acids is 1. The van der Waals surface area contributed by atoms with Gasteiger partial charge in [-0.1, -0.05) is 43.6 Å². The monoisotopic (exact) mass is 421 g/mol. The number of hydrogen-bond acceptors (Lipinski definition) is 4. The van der Waals surface area contributed by atoms with Crippen LogP contribution in [-0.2, 0) is 14.8 Å². The molecule has 2 aromatic rings. The van der Waals surface area contributed by atoms with Gasteiger partial charge in [0, 0.05) is 10.7 Å². The maximum absolute atomic E-state index is 13.1. The van der Waals surface area contributed by atoms with Gasteiger partial charge in [-0.2, -0.15) is 5.10 Å². The van der Waals surface area contributed by atoms with Crippen molar-refractivity contribution in [2.45, 2.75) is 32.1 Å². The lowest BCUT2D eigenvalue weighted by Crippen LogP contribution is -2.39. The zero-order chi connectivity index (χ0) is 20.7. The lowest BCUT2D eigenvalue weighted by atomic mass is 10.1. The van der Waals surface area contributed by atoms with Crippen molar-refractivity contribution in [2.24, 2.45) is 11.0 Å². The Balaban J connectivity index is 2.32. The summed E-state index contributed by atoms with van der Waals surface area (Å²) < 4.78 is 27.3. The Morgan fingerprint density at radius 3 is 2.32 bits per heavy atom. The molecular formula is C20H24ClN3O3S. The summed E-state index contributed by atoms with van der Waals surface area (Å²) in [5, 5.41) is 4.56. The minimum Gasteiger partial charge on any atom is -0.271 e. The van der Waals surface area contributed by atoms with Gasteiger partial charge in [0.2, 0.25) is 0 Å². The third-order valence-electron chi connectivity index (χ3n) is 4.42. The molecule has 28 heavy (non-hydrogen) atoms. The summed E-state index contributed by atoms with van der Waals surface area (Å²) in [6, 6.07) is 14.2. The third-order valence-corrected chi connectivity index (χ3v) is 6.46. The van der Waals surface area contributed by atoms with Crippen LogP contribution < -0.4 is 9.73 Å². The van der Waals surface area contributed by atoms with Gasteiger partial charge in [-0.05, 0) is 55.7 Å².